The number of urea groups is 1. The number of carbonyl (C=O) groups is 1. The number of ether oxygens (including phenoxy) is 1. The molecule has 7 nitrogen and oxygen atoms in total. The summed E-state index contributed by atoms with van der Waals surface area (Å²) in [6.45, 7) is 11.7. The molecular weight excluding hydrogens is 438 g/mol. The number of nitrogens with one attached hydrogen (secondary N) is 1. The molecule has 186 valence electrons. The molecule has 35 heavy (non-hydrogen) atoms. The van der Waals surface area contributed by atoms with Gasteiger partial charge in [-0.3, -0.25) is 4.90 Å². The van der Waals surface area contributed by atoms with E-state index in [-0.39, 0.29) is 11.6 Å². The van der Waals surface area contributed by atoms with Crippen LogP contribution in [-0.4, -0.2) is 51.3 Å². The van der Waals surface area contributed by atoms with Crippen molar-refractivity contribution in [3.63, 3.8) is 0 Å². The number of carbonyl (C=O) groups excluding carboxylic acids is 1. The molecule has 0 spiro atoms. The Morgan fingerprint density at radius 2 is 1.83 bits per heavy atom. The summed E-state index contributed by atoms with van der Waals surface area (Å²) >= 11 is 0. The molecule has 7 heteroatoms. The van der Waals surface area contributed by atoms with Crippen LogP contribution in [0, 0.1) is 0 Å². The van der Waals surface area contributed by atoms with Crippen LogP contribution in [0.2, 0.25) is 0 Å². The second-order valence-electron chi connectivity index (χ2n) is 10.1. The zero-order chi connectivity index (χ0) is 25.0. The Kier molecular flexibility index (Phi) is 7.45. The number of hydrogen-bond donors (Lipinski definition) is 1. The van der Waals surface area contributed by atoms with Crippen LogP contribution in [0.15, 0.2) is 54.6 Å². The van der Waals surface area contributed by atoms with Gasteiger partial charge in [0.05, 0.1) is 30.7 Å². The van der Waals surface area contributed by atoms with Gasteiger partial charge in [-0.15, -0.1) is 0 Å². The van der Waals surface area contributed by atoms with Crippen LogP contribution < -0.4 is 10.1 Å². The maximum atomic E-state index is 13.0. The second kappa shape index (κ2) is 10.5. The lowest BCUT2D eigenvalue weighted by Gasteiger charge is -2.29. The lowest BCUT2D eigenvalue weighted by Crippen LogP contribution is -2.48. The van der Waals surface area contributed by atoms with Crippen LogP contribution in [-0.2, 0) is 26.1 Å². The predicted octanol–water partition coefficient (Wildman–Crippen LogP) is 4.77. The van der Waals surface area contributed by atoms with Crippen LogP contribution >= 0.6 is 0 Å². The SMILES string of the molecule is CCN(Cc1nn(-c2ccccc2)c2c1CN(Cc1ccc(OC)cc1)CC2)C(=O)NC(C)(C)C. The minimum atomic E-state index is -0.289. The minimum absolute atomic E-state index is 0.0612. The van der Waals surface area contributed by atoms with Crippen molar-refractivity contribution in [1.29, 1.82) is 0 Å². The smallest absolute Gasteiger partial charge is 0.318 e. The average Bonchev–Trinajstić information content (AvgIpc) is 3.20. The number of amides is 2. The first-order valence-electron chi connectivity index (χ1n) is 12.3. The van der Waals surface area contributed by atoms with Crippen molar-refractivity contribution in [3.05, 3.63) is 77.1 Å². The molecule has 2 amide bonds. The molecular formula is C28H37N5O2. The van der Waals surface area contributed by atoms with Crippen molar-refractivity contribution in [2.45, 2.75) is 59.3 Å². The number of benzene rings is 2. The maximum Gasteiger partial charge on any atom is 0.318 e. The fourth-order valence-corrected chi connectivity index (χ4v) is 4.48. The number of methoxy groups -OCH3 is 1. The molecule has 0 radical (unpaired) electrons. The maximum absolute atomic E-state index is 13.0. The number of rotatable bonds is 7. The molecule has 0 bridgehead atoms. The summed E-state index contributed by atoms with van der Waals surface area (Å²) in [5.74, 6) is 0.870. The lowest BCUT2D eigenvalue weighted by molar-refractivity contribution is 0.187. The Bertz CT molecular complexity index is 1130. The highest BCUT2D eigenvalue weighted by molar-refractivity contribution is 5.75. The van der Waals surface area contributed by atoms with Gasteiger partial charge in [0.2, 0.25) is 0 Å². The fraction of sp³-hybridized carbons (Fsp3) is 0.429. The number of fused-ring (bicyclic) bond motifs is 1. The van der Waals surface area contributed by atoms with E-state index >= 15 is 0 Å². The highest BCUT2D eigenvalue weighted by atomic mass is 16.5. The molecule has 2 aromatic carbocycles. The first kappa shape index (κ1) is 24.8. The molecule has 3 aromatic rings. The van der Waals surface area contributed by atoms with E-state index in [4.69, 9.17) is 9.84 Å². The van der Waals surface area contributed by atoms with Crippen LogP contribution in [0.25, 0.3) is 5.69 Å². The molecule has 2 heterocycles. The van der Waals surface area contributed by atoms with Crippen molar-refractivity contribution in [2.75, 3.05) is 20.2 Å². The topological polar surface area (TPSA) is 62.6 Å². The van der Waals surface area contributed by atoms with Gasteiger partial charge >= 0.3 is 6.03 Å². The standard InChI is InChI=1S/C28H37N5O2/c1-6-32(27(34)29-28(2,3)4)20-25-24-19-31(18-21-12-14-23(35-5)15-13-21)17-16-26(24)33(30-25)22-10-8-7-9-11-22/h7-15H,6,16-20H2,1-5H3,(H,29,34). The highest BCUT2D eigenvalue weighted by Crippen LogP contribution is 2.27. The summed E-state index contributed by atoms with van der Waals surface area (Å²) in [6.07, 6.45) is 0.910. The van der Waals surface area contributed by atoms with Crippen molar-refractivity contribution < 1.29 is 9.53 Å². The first-order chi connectivity index (χ1) is 16.8. The molecule has 0 saturated heterocycles. The van der Waals surface area contributed by atoms with E-state index in [1.54, 1.807) is 7.11 Å². The summed E-state index contributed by atoms with van der Waals surface area (Å²) in [5, 5.41) is 8.14. The molecule has 1 N–H and O–H groups in total. The van der Waals surface area contributed by atoms with Crippen LogP contribution in [0.3, 0.4) is 0 Å². The summed E-state index contributed by atoms with van der Waals surface area (Å²) in [6, 6.07) is 18.5. The third-order valence-corrected chi connectivity index (χ3v) is 6.28. The lowest BCUT2D eigenvalue weighted by atomic mass is 10.0. The summed E-state index contributed by atoms with van der Waals surface area (Å²) in [7, 11) is 1.69. The average molecular weight is 476 g/mol. The second-order valence-corrected chi connectivity index (χ2v) is 10.1. The van der Waals surface area contributed by atoms with E-state index in [1.807, 2.05) is 62.9 Å². The Morgan fingerprint density at radius 3 is 2.46 bits per heavy atom. The minimum Gasteiger partial charge on any atom is -0.497 e. The highest BCUT2D eigenvalue weighted by Gasteiger charge is 2.28. The van der Waals surface area contributed by atoms with Crippen LogP contribution in [0.1, 0.15) is 50.2 Å². The van der Waals surface area contributed by atoms with Gasteiger partial charge in [0.1, 0.15) is 5.75 Å². The van der Waals surface area contributed by atoms with Gasteiger partial charge in [-0.1, -0.05) is 30.3 Å². The largest absolute Gasteiger partial charge is 0.497 e. The number of hydrogen-bond acceptors (Lipinski definition) is 4. The Balaban J connectivity index is 1.61. The van der Waals surface area contributed by atoms with Gasteiger partial charge < -0.3 is 15.0 Å². The molecule has 1 aromatic heterocycles. The molecule has 0 atom stereocenters. The monoisotopic (exact) mass is 475 g/mol. The predicted molar refractivity (Wildman–Crippen MR) is 139 cm³/mol. The van der Waals surface area contributed by atoms with Crippen molar-refractivity contribution in [3.8, 4) is 11.4 Å². The summed E-state index contributed by atoms with van der Waals surface area (Å²) < 4.78 is 7.38. The summed E-state index contributed by atoms with van der Waals surface area (Å²) in [5.41, 5.74) is 5.46. The molecule has 1 aliphatic heterocycles. The Morgan fingerprint density at radius 1 is 1.11 bits per heavy atom. The zero-order valence-electron chi connectivity index (χ0n) is 21.5. The molecule has 4 rings (SSSR count). The normalized spacial score (nSPS) is 13.9. The molecule has 0 fully saturated rings. The van der Waals surface area contributed by atoms with Gasteiger partial charge in [-0.2, -0.15) is 5.10 Å². The third kappa shape index (κ3) is 6.03. The van der Waals surface area contributed by atoms with E-state index in [0.29, 0.717) is 13.1 Å². The van der Waals surface area contributed by atoms with Crippen LogP contribution in [0.5, 0.6) is 5.75 Å². The molecule has 0 saturated carbocycles. The van der Waals surface area contributed by atoms with Crippen LogP contribution in [0.4, 0.5) is 4.79 Å². The van der Waals surface area contributed by atoms with Gasteiger partial charge in [-0.05, 0) is 57.5 Å². The van der Waals surface area contributed by atoms with Crippen molar-refractivity contribution in [1.82, 2.24) is 24.9 Å². The van der Waals surface area contributed by atoms with Gasteiger partial charge in [0, 0.05) is 43.7 Å². The summed E-state index contributed by atoms with van der Waals surface area (Å²) in [4.78, 5) is 17.2. The van der Waals surface area contributed by atoms with Gasteiger partial charge in [-0.25, -0.2) is 9.48 Å². The fourth-order valence-electron chi connectivity index (χ4n) is 4.48. The Labute approximate surface area is 208 Å². The third-order valence-electron chi connectivity index (χ3n) is 6.28. The molecule has 0 aliphatic carbocycles. The molecule has 0 unspecified atom stereocenters. The van der Waals surface area contributed by atoms with E-state index in [0.717, 1.165) is 43.2 Å². The van der Waals surface area contributed by atoms with Crippen molar-refractivity contribution in [2.24, 2.45) is 0 Å². The van der Waals surface area contributed by atoms with E-state index in [9.17, 15) is 4.79 Å². The number of para-hydroxylation sites is 1. The quantitative estimate of drug-likeness (QED) is 0.535. The van der Waals surface area contributed by atoms with E-state index in [2.05, 4.69) is 39.2 Å². The van der Waals surface area contributed by atoms with Gasteiger partial charge in [0.25, 0.3) is 0 Å². The van der Waals surface area contributed by atoms with E-state index < -0.39 is 0 Å². The molecule has 1 aliphatic rings. The first-order valence-corrected chi connectivity index (χ1v) is 12.3. The number of aromatic nitrogens is 2. The zero-order valence-corrected chi connectivity index (χ0v) is 21.5. The Hall–Kier alpha value is -3.32. The number of nitrogens with zero attached hydrogens (tertiary/aromatic N) is 4. The van der Waals surface area contributed by atoms with E-state index in [1.165, 1.54) is 16.8 Å². The van der Waals surface area contributed by atoms with Crippen molar-refractivity contribution >= 4 is 6.03 Å². The van der Waals surface area contributed by atoms with Gasteiger partial charge in [0.15, 0.2) is 0 Å².